The Hall–Kier alpha value is -0.460. The van der Waals surface area contributed by atoms with Crippen LogP contribution in [0.4, 0.5) is 0 Å². The first-order valence-electron chi connectivity index (χ1n) is 3.81. The summed E-state index contributed by atoms with van der Waals surface area (Å²) in [6.07, 6.45) is 3.02. The third kappa shape index (κ3) is 1.29. The Bertz CT molecular complexity index is 273. The third-order valence-corrected chi connectivity index (χ3v) is 2.56. The molecule has 2 rings (SSSR count). The molecule has 58 valence electrons. The highest BCUT2D eigenvalue weighted by Crippen LogP contribution is 2.11. The van der Waals surface area contributed by atoms with Gasteiger partial charge < -0.3 is 5.32 Å². The summed E-state index contributed by atoms with van der Waals surface area (Å²) in [7, 11) is 2.68. The monoisotopic (exact) mass is 166 g/mol. The Kier molecular flexibility index (Phi) is 1.89. The van der Waals surface area contributed by atoms with Crippen LogP contribution in [0.25, 0.3) is 0 Å². The molecule has 1 aromatic heterocycles. The van der Waals surface area contributed by atoms with E-state index in [9.17, 15) is 0 Å². The molecule has 0 saturated heterocycles. The highest BCUT2D eigenvalue weighted by Gasteiger charge is 2.09. The van der Waals surface area contributed by atoms with Gasteiger partial charge in [0.2, 0.25) is 0 Å². The Balaban J connectivity index is 2.49. The van der Waals surface area contributed by atoms with Crippen LogP contribution in [-0.2, 0) is 13.0 Å². The number of nitrogens with one attached hydrogen (secondary N) is 1. The van der Waals surface area contributed by atoms with E-state index >= 15 is 0 Å². The molecular weight excluding hydrogens is 155 g/mol. The summed E-state index contributed by atoms with van der Waals surface area (Å²) < 4.78 is 0. The molecule has 3 heteroatoms. The van der Waals surface area contributed by atoms with Gasteiger partial charge in [0, 0.05) is 12.7 Å². The average molecular weight is 166 g/mol. The normalized spacial score (nSPS) is 16.1. The van der Waals surface area contributed by atoms with Crippen LogP contribution >= 0.6 is 9.24 Å². The van der Waals surface area contributed by atoms with Gasteiger partial charge in [-0.25, -0.2) is 0 Å². The second-order valence-corrected chi connectivity index (χ2v) is 3.31. The van der Waals surface area contributed by atoms with Crippen LogP contribution in [0.3, 0.4) is 0 Å². The van der Waals surface area contributed by atoms with Crippen LogP contribution in [0.15, 0.2) is 12.3 Å². The molecule has 2 nitrogen and oxygen atoms in total. The smallest absolute Gasteiger partial charge is 0.0616 e. The van der Waals surface area contributed by atoms with Crippen molar-refractivity contribution in [3.05, 3.63) is 23.4 Å². The largest absolute Gasteiger partial charge is 0.312 e. The molecule has 11 heavy (non-hydrogen) atoms. The molecule has 0 spiro atoms. The van der Waals surface area contributed by atoms with Gasteiger partial charge in [-0.15, -0.1) is 0 Å². The Morgan fingerprint density at radius 2 is 2.45 bits per heavy atom. The zero-order chi connectivity index (χ0) is 7.68. The second-order valence-electron chi connectivity index (χ2n) is 2.76. The predicted molar refractivity (Wildman–Crippen MR) is 49.0 cm³/mol. The molecule has 1 aliphatic heterocycles. The zero-order valence-corrected chi connectivity index (χ0v) is 7.46. The number of fused-ring (bicyclic) bond motifs is 1. The van der Waals surface area contributed by atoms with Crippen LogP contribution in [-0.4, -0.2) is 11.5 Å². The molecule has 0 aliphatic carbocycles. The zero-order valence-electron chi connectivity index (χ0n) is 6.30. The summed E-state index contributed by atoms with van der Waals surface area (Å²) in [6, 6.07) is 2.11. The molecular formula is C8H11N2P. The maximum atomic E-state index is 4.22. The van der Waals surface area contributed by atoms with E-state index in [4.69, 9.17) is 0 Å². The van der Waals surface area contributed by atoms with Crippen molar-refractivity contribution in [2.45, 2.75) is 13.0 Å². The minimum absolute atomic E-state index is 0.974. The van der Waals surface area contributed by atoms with Gasteiger partial charge in [-0.3, -0.25) is 4.98 Å². The van der Waals surface area contributed by atoms with Crippen LogP contribution in [0.1, 0.15) is 11.1 Å². The maximum Gasteiger partial charge on any atom is 0.0616 e. The fraction of sp³-hybridized carbons (Fsp3) is 0.375. The highest BCUT2D eigenvalue weighted by molar-refractivity contribution is 7.27. The second kappa shape index (κ2) is 2.88. The molecule has 1 unspecified atom stereocenters. The average Bonchev–Trinajstić information content (AvgIpc) is 2.06. The van der Waals surface area contributed by atoms with E-state index < -0.39 is 0 Å². The van der Waals surface area contributed by atoms with Crippen LogP contribution in [0.2, 0.25) is 0 Å². The van der Waals surface area contributed by atoms with Gasteiger partial charge in [0.15, 0.2) is 0 Å². The number of hydrogen-bond acceptors (Lipinski definition) is 2. The van der Waals surface area contributed by atoms with Crippen LogP contribution in [0.5, 0.6) is 0 Å². The van der Waals surface area contributed by atoms with Gasteiger partial charge in [-0.2, -0.15) is 0 Å². The van der Waals surface area contributed by atoms with Crippen molar-refractivity contribution in [3.63, 3.8) is 0 Å². The van der Waals surface area contributed by atoms with Crippen molar-refractivity contribution in [3.8, 4) is 0 Å². The summed E-state index contributed by atoms with van der Waals surface area (Å²) >= 11 is 0. The van der Waals surface area contributed by atoms with E-state index in [1.165, 1.54) is 11.1 Å². The van der Waals surface area contributed by atoms with Gasteiger partial charge in [0.1, 0.15) is 0 Å². The van der Waals surface area contributed by atoms with E-state index in [-0.39, 0.29) is 0 Å². The quantitative estimate of drug-likeness (QED) is 0.558. The van der Waals surface area contributed by atoms with Crippen LogP contribution in [0, 0.1) is 0 Å². The molecule has 1 atom stereocenters. The van der Waals surface area contributed by atoms with E-state index in [1.807, 2.05) is 6.20 Å². The van der Waals surface area contributed by atoms with Gasteiger partial charge >= 0.3 is 0 Å². The van der Waals surface area contributed by atoms with Crippen molar-refractivity contribution in [2.24, 2.45) is 0 Å². The lowest BCUT2D eigenvalue weighted by molar-refractivity contribution is 0.645. The number of hydrogen-bond donors (Lipinski definition) is 1. The van der Waals surface area contributed by atoms with Gasteiger partial charge in [0.25, 0.3) is 0 Å². The SMILES string of the molecule is Pc1nccc2c1CNCC2. The molecule has 0 saturated carbocycles. The molecule has 1 aliphatic rings. The molecule has 0 bridgehead atoms. The van der Waals surface area contributed by atoms with Crippen molar-refractivity contribution >= 4 is 14.7 Å². The van der Waals surface area contributed by atoms with Gasteiger partial charge in [-0.05, 0) is 30.2 Å². The van der Waals surface area contributed by atoms with Crippen molar-refractivity contribution < 1.29 is 0 Å². The molecule has 2 heterocycles. The molecule has 0 radical (unpaired) electrons. The fourth-order valence-electron chi connectivity index (χ4n) is 1.43. The predicted octanol–water partition coefficient (Wildman–Crippen LogP) is 0.228. The van der Waals surface area contributed by atoms with E-state index in [2.05, 4.69) is 25.6 Å². The molecule has 0 aromatic carbocycles. The topological polar surface area (TPSA) is 24.9 Å². The van der Waals surface area contributed by atoms with Crippen LogP contribution < -0.4 is 10.8 Å². The molecule has 1 aromatic rings. The first-order chi connectivity index (χ1) is 5.38. The minimum atomic E-state index is 0.974. The Morgan fingerprint density at radius 3 is 3.27 bits per heavy atom. The number of aromatic nitrogens is 1. The summed E-state index contributed by atoms with van der Waals surface area (Å²) in [5.74, 6) is 0. The number of rotatable bonds is 0. The fourth-order valence-corrected chi connectivity index (χ4v) is 1.80. The number of nitrogens with zero attached hydrogens (tertiary/aromatic N) is 1. The van der Waals surface area contributed by atoms with Gasteiger partial charge in [0.05, 0.1) is 5.44 Å². The summed E-state index contributed by atoms with van der Waals surface area (Å²) in [5, 5.41) is 3.33. The lowest BCUT2D eigenvalue weighted by Crippen LogP contribution is -2.27. The van der Waals surface area contributed by atoms with E-state index in [0.717, 1.165) is 24.9 Å². The van der Waals surface area contributed by atoms with E-state index in [0.29, 0.717) is 0 Å². The summed E-state index contributed by atoms with van der Waals surface area (Å²) in [5.41, 5.74) is 3.90. The van der Waals surface area contributed by atoms with Crippen molar-refractivity contribution in [1.82, 2.24) is 10.3 Å². The third-order valence-electron chi connectivity index (χ3n) is 2.06. The van der Waals surface area contributed by atoms with E-state index in [1.54, 1.807) is 0 Å². The summed E-state index contributed by atoms with van der Waals surface area (Å²) in [6.45, 7) is 2.07. The Morgan fingerprint density at radius 1 is 1.55 bits per heavy atom. The number of pyridine rings is 1. The standard InChI is InChI=1S/C8H11N2P/c11-8-7-5-9-3-1-6(7)2-4-10-8/h2,4,9H,1,3,5,11H2. The first kappa shape index (κ1) is 7.20. The molecule has 1 N–H and O–H groups in total. The first-order valence-corrected chi connectivity index (χ1v) is 4.38. The highest BCUT2D eigenvalue weighted by atomic mass is 31.0. The van der Waals surface area contributed by atoms with Crippen molar-refractivity contribution in [2.75, 3.05) is 6.54 Å². The molecule has 0 fully saturated rings. The lowest BCUT2D eigenvalue weighted by atomic mass is 10.0. The summed E-state index contributed by atoms with van der Waals surface area (Å²) in [4.78, 5) is 4.22. The minimum Gasteiger partial charge on any atom is -0.312 e. The Labute approximate surface area is 68.6 Å². The maximum absolute atomic E-state index is 4.22. The van der Waals surface area contributed by atoms with Crippen molar-refractivity contribution in [1.29, 1.82) is 0 Å². The lowest BCUT2D eigenvalue weighted by Gasteiger charge is -2.17. The molecule has 0 amide bonds. The van der Waals surface area contributed by atoms with Gasteiger partial charge in [-0.1, -0.05) is 9.24 Å².